The number of aryl methyl sites for hydroxylation is 1. The quantitative estimate of drug-likeness (QED) is 0.338. The van der Waals surface area contributed by atoms with E-state index in [1.807, 2.05) is 66.4 Å². The summed E-state index contributed by atoms with van der Waals surface area (Å²) in [4.78, 5) is 13.1. The molecular formula is C27H30F3N3O2. The summed E-state index contributed by atoms with van der Waals surface area (Å²) in [6, 6.07) is 20.2. The number of rotatable bonds is 11. The van der Waals surface area contributed by atoms with Crippen LogP contribution in [0, 0.1) is 6.92 Å². The van der Waals surface area contributed by atoms with Gasteiger partial charge in [0.2, 0.25) is 0 Å². The Hall–Kier alpha value is -3.36. The molecule has 35 heavy (non-hydrogen) atoms. The summed E-state index contributed by atoms with van der Waals surface area (Å²) >= 11 is 0. The van der Waals surface area contributed by atoms with Crippen LogP contribution in [0.2, 0.25) is 0 Å². The predicted molar refractivity (Wildman–Crippen MR) is 131 cm³/mol. The van der Waals surface area contributed by atoms with Crippen molar-refractivity contribution in [3.63, 3.8) is 0 Å². The number of aliphatic carboxylic acids is 1. The van der Waals surface area contributed by atoms with Gasteiger partial charge in [-0.15, -0.1) is 0 Å². The highest BCUT2D eigenvalue weighted by Crippen LogP contribution is 2.37. The van der Waals surface area contributed by atoms with Gasteiger partial charge in [0.25, 0.3) is 0 Å². The SMILES string of the molecule is Cc1cccc(CNc2c(CN(CC[C@H](N)C(=O)O)Cc3ccccc3)cccc2C(F)(F)F)c1. The summed E-state index contributed by atoms with van der Waals surface area (Å²) in [6.45, 7) is 3.13. The summed E-state index contributed by atoms with van der Waals surface area (Å²) in [5, 5.41) is 12.2. The highest BCUT2D eigenvalue weighted by molar-refractivity contribution is 5.73. The number of benzene rings is 3. The fourth-order valence-electron chi connectivity index (χ4n) is 3.93. The zero-order valence-corrected chi connectivity index (χ0v) is 19.6. The Morgan fingerprint density at radius 2 is 1.69 bits per heavy atom. The Kier molecular flexibility index (Phi) is 8.89. The van der Waals surface area contributed by atoms with E-state index in [9.17, 15) is 18.0 Å². The smallest absolute Gasteiger partial charge is 0.418 e. The number of alkyl halides is 3. The molecule has 1 atom stereocenters. The van der Waals surface area contributed by atoms with Crippen LogP contribution in [-0.4, -0.2) is 28.6 Å². The van der Waals surface area contributed by atoms with Crippen LogP contribution in [0.25, 0.3) is 0 Å². The Bertz CT molecular complexity index is 1120. The molecule has 0 saturated carbocycles. The van der Waals surface area contributed by atoms with E-state index in [4.69, 9.17) is 10.8 Å². The average molecular weight is 486 g/mol. The molecule has 3 rings (SSSR count). The third kappa shape index (κ3) is 7.83. The summed E-state index contributed by atoms with van der Waals surface area (Å²) in [6.07, 6.45) is -4.35. The summed E-state index contributed by atoms with van der Waals surface area (Å²) in [5.41, 5.74) is 8.35. The van der Waals surface area contributed by atoms with Gasteiger partial charge < -0.3 is 16.2 Å². The van der Waals surface area contributed by atoms with Gasteiger partial charge in [-0.25, -0.2) is 0 Å². The molecule has 0 bridgehead atoms. The van der Waals surface area contributed by atoms with Crippen molar-refractivity contribution in [2.45, 2.75) is 45.2 Å². The molecule has 3 aromatic carbocycles. The molecule has 0 aromatic heterocycles. The number of halogens is 3. The van der Waals surface area contributed by atoms with Gasteiger partial charge in [-0.3, -0.25) is 9.69 Å². The first-order valence-electron chi connectivity index (χ1n) is 11.4. The number of anilines is 1. The van der Waals surface area contributed by atoms with Gasteiger partial charge in [-0.05, 0) is 36.1 Å². The number of hydrogen-bond acceptors (Lipinski definition) is 4. The second kappa shape index (κ2) is 11.9. The Balaban J connectivity index is 1.90. The first-order chi connectivity index (χ1) is 16.6. The average Bonchev–Trinajstić information content (AvgIpc) is 2.81. The molecule has 0 unspecified atom stereocenters. The van der Waals surface area contributed by atoms with Crippen LogP contribution >= 0.6 is 0 Å². The molecule has 3 aromatic rings. The van der Waals surface area contributed by atoms with Crippen molar-refractivity contribution < 1.29 is 23.1 Å². The van der Waals surface area contributed by atoms with E-state index in [0.29, 0.717) is 18.7 Å². The van der Waals surface area contributed by atoms with E-state index in [-0.39, 0.29) is 25.2 Å². The maximum absolute atomic E-state index is 13.9. The Morgan fingerprint density at radius 3 is 2.34 bits per heavy atom. The molecule has 8 heteroatoms. The van der Waals surface area contributed by atoms with Crippen molar-refractivity contribution in [1.82, 2.24) is 4.90 Å². The van der Waals surface area contributed by atoms with Crippen LogP contribution in [0.1, 0.15) is 34.2 Å². The number of hydrogen-bond donors (Lipinski definition) is 3. The molecule has 0 fully saturated rings. The maximum atomic E-state index is 13.9. The van der Waals surface area contributed by atoms with E-state index in [0.717, 1.165) is 22.8 Å². The Morgan fingerprint density at radius 1 is 1.00 bits per heavy atom. The molecule has 186 valence electrons. The van der Waals surface area contributed by atoms with Crippen LogP contribution in [-0.2, 0) is 30.6 Å². The molecular weight excluding hydrogens is 455 g/mol. The lowest BCUT2D eigenvalue weighted by atomic mass is 10.0. The second-order valence-electron chi connectivity index (χ2n) is 8.61. The molecule has 0 saturated heterocycles. The van der Waals surface area contributed by atoms with Crippen LogP contribution in [0.15, 0.2) is 72.8 Å². The zero-order chi connectivity index (χ0) is 25.4. The molecule has 0 aliphatic carbocycles. The molecule has 0 aliphatic rings. The van der Waals surface area contributed by atoms with Crippen LogP contribution in [0.5, 0.6) is 0 Å². The fraction of sp³-hybridized carbons (Fsp3) is 0.296. The number of para-hydroxylation sites is 1. The van der Waals surface area contributed by atoms with Crippen molar-refractivity contribution in [2.75, 3.05) is 11.9 Å². The largest absolute Gasteiger partial charge is 0.480 e. The topological polar surface area (TPSA) is 78.6 Å². The van der Waals surface area contributed by atoms with E-state index >= 15 is 0 Å². The van der Waals surface area contributed by atoms with Crippen molar-refractivity contribution in [2.24, 2.45) is 5.73 Å². The van der Waals surface area contributed by atoms with Crippen molar-refractivity contribution >= 4 is 11.7 Å². The number of nitrogens with two attached hydrogens (primary N) is 1. The zero-order valence-electron chi connectivity index (χ0n) is 19.6. The molecule has 0 amide bonds. The Labute approximate surface area is 203 Å². The molecule has 0 radical (unpaired) electrons. The minimum atomic E-state index is -4.53. The van der Waals surface area contributed by atoms with Gasteiger partial charge in [0.05, 0.1) is 11.3 Å². The van der Waals surface area contributed by atoms with E-state index in [1.165, 1.54) is 6.07 Å². The molecule has 0 spiro atoms. The van der Waals surface area contributed by atoms with Gasteiger partial charge in [0, 0.05) is 26.2 Å². The van der Waals surface area contributed by atoms with Gasteiger partial charge in [0.15, 0.2) is 0 Å². The second-order valence-corrected chi connectivity index (χ2v) is 8.61. The van der Waals surface area contributed by atoms with Crippen molar-refractivity contribution in [3.8, 4) is 0 Å². The van der Waals surface area contributed by atoms with Crippen LogP contribution in [0.4, 0.5) is 18.9 Å². The minimum Gasteiger partial charge on any atom is -0.480 e. The van der Waals surface area contributed by atoms with Gasteiger partial charge in [-0.2, -0.15) is 13.2 Å². The van der Waals surface area contributed by atoms with Crippen molar-refractivity contribution in [3.05, 3.63) is 101 Å². The lowest BCUT2D eigenvalue weighted by molar-refractivity contribution is -0.139. The predicted octanol–water partition coefficient (Wildman–Crippen LogP) is 5.43. The normalized spacial score (nSPS) is 12.5. The number of nitrogens with one attached hydrogen (secondary N) is 1. The molecule has 0 aliphatic heterocycles. The highest BCUT2D eigenvalue weighted by Gasteiger charge is 2.34. The van der Waals surface area contributed by atoms with E-state index in [2.05, 4.69) is 5.32 Å². The number of carbonyl (C=O) groups is 1. The molecule has 5 nitrogen and oxygen atoms in total. The fourth-order valence-corrected chi connectivity index (χ4v) is 3.93. The number of carboxylic acids is 1. The summed E-state index contributed by atoms with van der Waals surface area (Å²) in [5.74, 6) is -1.11. The lowest BCUT2D eigenvalue weighted by Crippen LogP contribution is -2.35. The molecule has 0 heterocycles. The third-order valence-corrected chi connectivity index (χ3v) is 5.72. The number of carboxylic acid groups (broad SMARTS) is 1. The minimum absolute atomic E-state index is 0.0297. The maximum Gasteiger partial charge on any atom is 0.418 e. The summed E-state index contributed by atoms with van der Waals surface area (Å²) < 4.78 is 41.7. The highest BCUT2D eigenvalue weighted by atomic mass is 19.4. The summed E-state index contributed by atoms with van der Waals surface area (Å²) in [7, 11) is 0. The first kappa shape index (κ1) is 26.2. The molecule has 4 N–H and O–H groups in total. The third-order valence-electron chi connectivity index (χ3n) is 5.72. The van der Waals surface area contributed by atoms with Gasteiger partial charge >= 0.3 is 12.1 Å². The van der Waals surface area contributed by atoms with E-state index < -0.39 is 23.8 Å². The van der Waals surface area contributed by atoms with Crippen LogP contribution in [0.3, 0.4) is 0 Å². The van der Waals surface area contributed by atoms with Crippen LogP contribution < -0.4 is 11.1 Å². The monoisotopic (exact) mass is 485 g/mol. The van der Waals surface area contributed by atoms with Gasteiger partial charge in [0.1, 0.15) is 6.04 Å². The number of nitrogens with zero attached hydrogens (tertiary/aromatic N) is 1. The first-order valence-corrected chi connectivity index (χ1v) is 11.4. The van der Waals surface area contributed by atoms with Crippen molar-refractivity contribution in [1.29, 1.82) is 0 Å². The lowest BCUT2D eigenvalue weighted by Gasteiger charge is -2.26. The van der Waals surface area contributed by atoms with E-state index in [1.54, 1.807) is 6.07 Å². The van der Waals surface area contributed by atoms with Gasteiger partial charge in [-0.1, -0.05) is 72.3 Å². The standard InChI is InChI=1S/C27H30F3N3O2/c1-19-7-5-10-21(15-19)16-32-25-22(11-6-12-23(25)27(28,29)30)18-33(14-13-24(31)26(34)35)17-20-8-3-2-4-9-20/h2-12,15,24,32H,13-14,16-18,31H2,1H3,(H,34,35)/t24-/m0/s1.